The van der Waals surface area contributed by atoms with Gasteiger partial charge in [-0.2, -0.15) is 0 Å². The number of carboxylic acid groups (broad SMARTS) is 1. The maximum atomic E-state index is 10.5. The van der Waals surface area contributed by atoms with Crippen molar-refractivity contribution in [3.05, 3.63) is 29.8 Å². The number of esters is 1. The molecule has 0 saturated heterocycles. The van der Waals surface area contributed by atoms with Gasteiger partial charge in [0.05, 0.1) is 0 Å². The van der Waals surface area contributed by atoms with Crippen molar-refractivity contribution in [2.24, 2.45) is 0 Å². The minimum Gasteiger partial charge on any atom is -0.483 e. The number of aryl methyl sites for hydroxylation is 1. The number of benzene rings is 1. The lowest BCUT2D eigenvalue weighted by Crippen LogP contribution is -2.02. The van der Waals surface area contributed by atoms with E-state index < -0.39 is 0 Å². The molecular weight excluding hydrogens is 184 g/mol. The Morgan fingerprint density at radius 2 is 1.93 bits per heavy atom. The minimum atomic E-state index is -0.278. The highest BCUT2D eigenvalue weighted by Crippen LogP contribution is 2.15. The second-order valence-electron chi connectivity index (χ2n) is 2.46. The van der Waals surface area contributed by atoms with Crippen LogP contribution in [0.15, 0.2) is 24.3 Å². The number of ether oxygens (including phenoxy) is 1. The van der Waals surface area contributed by atoms with Gasteiger partial charge in [0.2, 0.25) is 0 Å². The molecule has 0 heterocycles. The fraction of sp³-hybridized carbons (Fsp3) is 0.200. The van der Waals surface area contributed by atoms with Crippen LogP contribution in [0.3, 0.4) is 0 Å². The Kier molecular flexibility index (Phi) is 5.78. The zero-order chi connectivity index (χ0) is 11.0. The first-order chi connectivity index (χ1) is 6.61. The number of hydrogen-bond acceptors (Lipinski definition) is 3. The first-order valence-corrected chi connectivity index (χ1v) is 3.93. The molecule has 1 aromatic carbocycles. The first-order valence-electron chi connectivity index (χ1n) is 3.93. The molecular formula is C10H12O4. The van der Waals surface area contributed by atoms with Crippen LogP contribution >= 0.6 is 0 Å². The zero-order valence-corrected chi connectivity index (χ0v) is 8.06. The number of carbonyl (C=O) groups excluding carboxylic acids is 1. The number of rotatable bonds is 1. The monoisotopic (exact) mass is 196 g/mol. The van der Waals surface area contributed by atoms with Gasteiger partial charge in [-0.25, -0.2) is 0 Å². The third kappa shape index (κ3) is 4.92. The average molecular weight is 196 g/mol. The van der Waals surface area contributed by atoms with Gasteiger partial charge in [0, 0.05) is 6.92 Å². The van der Waals surface area contributed by atoms with Crippen LogP contribution in [-0.2, 0) is 9.59 Å². The van der Waals surface area contributed by atoms with Gasteiger partial charge < -0.3 is 9.84 Å². The van der Waals surface area contributed by atoms with E-state index in [9.17, 15) is 4.79 Å². The van der Waals surface area contributed by atoms with Crippen molar-refractivity contribution in [1.82, 2.24) is 0 Å². The SMILES string of the molecule is CC(=O)Oc1ccccc1C.O=CO. The molecule has 0 saturated carbocycles. The third-order valence-electron chi connectivity index (χ3n) is 1.35. The van der Waals surface area contributed by atoms with Crippen molar-refractivity contribution in [3.8, 4) is 5.75 Å². The lowest BCUT2D eigenvalue weighted by molar-refractivity contribution is -0.132. The summed E-state index contributed by atoms with van der Waals surface area (Å²) in [6.45, 7) is 3.05. The molecule has 0 spiro atoms. The number of carbonyl (C=O) groups is 2. The summed E-state index contributed by atoms with van der Waals surface area (Å²) in [6, 6.07) is 7.42. The molecule has 0 bridgehead atoms. The summed E-state index contributed by atoms with van der Waals surface area (Å²) < 4.78 is 4.91. The Hall–Kier alpha value is -1.84. The maximum absolute atomic E-state index is 10.5. The van der Waals surface area contributed by atoms with Gasteiger partial charge in [-0.3, -0.25) is 9.59 Å². The van der Waals surface area contributed by atoms with Gasteiger partial charge in [-0.15, -0.1) is 0 Å². The van der Waals surface area contributed by atoms with E-state index in [0.29, 0.717) is 5.75 Å². The normalized spacial score (nSPS) is 8.14. The highest BCUT2D eigenvalue weighted by Gasteiger charge is 1.99. The van der Waals surface area contributed by atoms with Crippen LogP contribution in [-0.4, -0.2) is 17.5 Å². The zero-order valence-electron chi connectivity index (χ0n) is 8.06. The quantitative estimate of drug-likeness (QED) is 0.421. The number of hydrogen-bond donors (Lipinski definition) is 1. The van der Waals surface area contributed by atoms with Crippen LogP contribution in [0.4, 0.5) is 0 Å². The molecule has 4 nitrogen and oxygen atoms in total. The molecule has 0 aliphatic heterocycles. The van der Waals surface area contributed by atoms with Gasteiger partial charge in [0.25, 0.3) is 6.47 Å². The van der Waals surface area contributed by atoms with Crippen LogP contribution in [0.2, 0.25) is 0 Å². The van der Waals surface area contributed by atoms with E-state index in [-0.39, 0.29) is 12.4 Å². The van der Waals surface area contributed by atoms with E-state index >= 15 is 0 Å². The van der Waals surface area contributed by atoms with Crippen LogP contribution in [0.5, 0.6) is 5.75 Å². The molecule has 1 N–H and O–H groups in total. The molecule has 0 aromatic heterocycles. The summed E-state index contributed by atoms with van der Waals surface area (Å²) >= 11 is 0. The summed E-state index contributed by atoms with van der Waals surface area (Å²) in [6.07, 6.45) is 0. The molecule has 0 radical (unpaired) electrons. The standard InChI is InChI=1S/C9H10O2.CH2O2/c1-7-5-3-4-6-9(7)11-8(2)10;2-1-3/h3-6H,1-2H3;1H,(H,2,3). The van der Waals surface area contributed by atoms with Gasteiger partial charge in [0.15, 0.2) is 0 Å². The van der Waals surface area contributed by atoms with E-state index in [2.05, 4.69) is 0 Å². The van der Waals surface area contributed by atoms with Crippen molar-refractivity contribution in [2.75, 3.05) is 0 Å². The molecule has 0 amide bonds. The molecule has 14 heavy (non-hydrogen) atoms. The largest absolute Gasteiger partial charge is 0.483 e. The molecule has 0 aliphatic rings. The molecule has 0 unspecified atom stereocenters. The van der Waals surface area contributed by atoms with E-state index in [4.69, 9.17) is 14.6 Å². The Bertz CT molecular complexity index is 307. The van der Waals surface area contributed by atoms with Crippen molar-refractivity contribution >= 4 is 12.4 Å². The molecule has 0 atom stereocenters. The Balaban J connectivity index is 0.000000500. The van der Waals surface area contributed by atoms with Gasteiger partial charge >= 0.3 is 5.97 Å². The molecule has 1 rings (SSSR count). The Morgan fingerprint density at radius 3 is 2.36 bits per heavy atom. The lowest BCUT2D eigenvalue weighted by Gasteiger charge is -2.02. The van der Waals surface area contributed by atoms with Gasteiger partial charge in [0.1, 0.15) is 5.75 Å². The predicted molar refractivity (Wildman–Crippen MR) is 51.2 cm³/mol. The van der Waals surface area contributed by atoms with Crippen LogP contribution in [0, 0.1) is 6.92 Å². The van der Waals surface area contributed by atoms with Crippen molar-refractivity contribution in [1.29, 1.82) is 0 Å². The first kappa shape index (κ1) is 12.2. The summed E-state index contributed by atoms with van der Waals surface area (Å²) in [5.41, 5.74) is 0.975. The van der Waals surface area contributed by atoms with E-state index in [0.717, 1.165) is 5.56 Å². The van der Waals surface area contributed by atoms with Crippen molar-refractivity contribution < 1.29 is 19.4 Å². The molecule has 0 aliphatic carbocycles. The summed E-state index contributed by atoms with van der Waals surface area (Å²) in [5, 5.41) is 6.89. The maximum Gasteiger partial charge on any atom is 0.308 e. The van der Waals surface area contributed by atoms with Crippen LogP contribution in [0.25, 0.3) is 0 Å². The Morgan fingerprint density at radius 1 is 1.43 bits per heavy atom. The van der Waals surface area contributed by atoms with Crippen molar-refractivity contribution in [2.45, 2.75) is 13.8 Å². The van der Waals surface area contributed by atoms with E-state index in [1.54, 1.807) is 6.07 Å². The topological polar surface area (TPSA) is 63.6 Å². The lowest BCUT2D eigenvalue weighted by atomic mass is 10.2. The van der Waals surface area contributed by atoms with Gasteiger partial charge in [-0.1, -0.05) is 18.2 Å². The highest BCUT2D eigenvalue weighted by atomic mass is 16.5. The summed E-state index contributed by atoms with van der Waals surface area (Å²) in [7, 11) is 0. The Labute approximate surface area is 82.1 Å². The molecule has 1 aromatic rings. The fourth-order valence-corrected chi connectivity index (χ4v) is 0.826. The van der Waals surface area contributed by atoms with Gasteiger partial charge in [-0.05, 0) is 18.6 Å². The van der Waals surface area contributed by atoms with Crippen LogP contribution in [0.1, 0.15) is 12.5 Å². The smallest absolute Gasteiger partial charge is 0.308 e. The number of para-hydroxylation sites is 1. The second-order valence-corrected chi connectivity index (χ2v) is 2.46. The average Bonchev–Trinajstić information content (AvgIpc) is 2.09. The molecule has 76 valence electrons. The molecule has 4 heteroatoms. The van der Waals surface area contributed by atoms with Crippen LogP contribution < -0.4 is 4.74 Å². The highest BCUT2D eigenvalue weighted by molar-refractivity contribution is 5.69. The van der Waals surface area contributed by atoms with E-state index in [1.165, 1.54) is 6.92 Å². The minimum absolute atomic E-state index is 0.250. The third-order valence-corrected chi connectivity index (χ3v) is 1.35. The second kappa shape index (κ2) is 6.65. The summed E-state index contributed by atoms with van der Waals surface area (Å²) in [4.78, 5) is 18.9. The summed E-state index contributed by atoms with van der Waals surface area (Å²) in [5.74, 6) is 0.360. The fourth-order valence-electron chi connectivity index (χ4n) is 0.826. The predicted octanol–water partition coefficient (Wildman–Crippen LogP) is 1.62. The molecule has 0 fully saturated rings. The van der Waals surface area contributed by atoms with Crippen molar-refractivity contribution in [3.63, 3.8) is 0 Å². The van der Waals surface area contributed by atoms with E-state index in [1.807, 2.05) is 25.1 Å².